The molecule has 0 radical (unpaired) electrons. The molecule has 11 heavy (non-hydrogen) atoms. The fourth-order valence-electron chi connectivity index (χ4n) is 0.672. The maximum atomic E-state index is 11.0. The Bertz CT molecular complexity index is 248. The minimum atomic E-state index is 0.202. The van der Waals surface area contributed by atoms with E-state index in [-0.39, 0.29) is 12.2 Å². The van der Waals surface area contributed by atoms with Gasteiger partial charge in [-0.3, -0.25) is 0 Å². The minimum Gasteiger partial charge on any atom is -0.758 e. The first-order valence-corrected chi connectivity index (χ1v) is 4.37. The number of hydrogen-bond donors (Lipinski definition) is 2. The molecule has 1 aliphatic heterocycles. The van der Waals surface area contributed by atoms with E-state index < -0.39 is 0 Å². The number of nitrogens with zero attached hydrogens (tertiary/aromatic N) is 1. The third-order valence-corrected chi connectivity index (χ3v) is 2.81. The molecule has 0 aromatic carbocycles. The van der Waals surface area contributed by atoms with Crippen molar-refractivity contribution >= 4 is 31.9 Å². The Kier molecular flexibility index (Phi) is 2.46. The van der Waals surface area contributed by atoms with Gasteiger partial charge in [0.15, 0.2) is 0 Å². The molecule has 0 aromatic heterocycles. The Morgan fingerprint density at radius 1 is 1.27 bits per heavy atom. The van der Waals surface area contributed by atoms with Crippen molar-refractivity contribution in [3.8, 4) is 0 Å². The molecular formula is C5H6Br2N3O-. The van der Waals surface area contributed by atoms with Crippen LogP contribution in [0.2, 0.25) is 0 Å². The van der Waals surface area contributed by atoms with Crippen molar-refractivity contribution in [2.75, 3.05) is 6.54 Å². The fourth-order valence-corrected chi connectivity index (χ4v) is 1.45. The van der Waals surface area contributed by atoms with E-state index in [0.29, 0.717) is 14.8 Å². The molecular weight excluding hydrogens is 278 g/mol. The van der Waals surface area contributed by atoms with Gasteiger partial charge in [0.05, 0.1) is 16.0 Å². The van der Waals surface area contributed by atoms with Crippen LogP contribution in [0.1, 0.15) is 0 Å². The summed E-state index contributed by atoms with van der Waals surface area (Å²) in [4.78, 5) is 0. The summed E-state index contributed by atoms with van der Waals surface area (Å²) in [6.45, 7) is 0.202. The van der Waals surface area contributed by atoms with E-state index in [4.69, 9.17) is 11.5 Å². The summed E-state index contributed by atoms with van der Waals surface area (Å²) in [7, 11) is 0. The van der Waals surface area contributed by atoms with Crippen LogP contribution in [-0.2, 0) is 0 Å². The molecule has 0 atom stereocenters. The topological polar surface area (TPSA) is 78.3 Å². The zero-order valence-electron chi connectivity index (χ0n) is 5.47. The van der Waals surface area contributed by atoms with Crippen LogP contribution in [0.5, 0.6) is 0 Å². The van der Waals surface area contributed by atoms with Crippen molar-refractivity contribution in [3.05, 3.63) is 25.7 Å². The standard InChI is InChI=1S/C5H6Br2N3O/c6-2-1-10(11)5(7)4(9)3(2)8/h1,8-9H2/q-1. The summed E-state index contributed by atoms with van der Waals surface area (Å²) < 4.78 is 0.909. The summed E-state index contributed by atoms with van der Waals surface area (Å²) >= 11 is 6.16. The summed E-state index contributed by atoms with van der Waals surface area (Å²) in [6, 6.07) is 0. The first-order chi connectivity index (χ1) is 5.04. The van der Waals surface area contributed by atoms with Crippen LogP contribution >= 0.6 is 31.9 Å². The monoisotopic (exact) mass is 282 g/mol. The molecule has 0 spiro atoms. The van der Waals surface area contributed by atoms with Crippen molar-refractivity contribution in [2.24, 2.45) is 11.5 Å². The third kappa shape index (κ3) is 1.52. The van der Waals surface area contributed by atoms with E-state index in [2.05, 4.69) is 31.9 Å². The van der Waals surface area contributed by atoms with Crippen molar-refractivity contribution in [1.82, 2.24) is 5.06 Å². The molecule has 0 saturated heterocycles. The highest BCUT2D eigenvalue weighted by Crippen LogP contribution is 2.27. The highest BCUT2D eigenvalue weighted by molar-refractivity contribution is 9.12. The lowest BCUT2D eigenvalue weighted by molar-refractivity contribution is 0.538. The Balaban J connectivity index is 3.07. The van der Waals surface area contributed by atoms with Crippen molar-refractivity contribution in [3.63, 3.8) is 0 Å². The second-order valence-electron chi connectivity index (χ2n) is 2.06. The average Bonchev–Trinajstić information content (AvgIpc) is 1.97. The third-order valence-electron chi connectivity index (χ3n) is 1.31. The molecule has 1 heterocycles. The quantitative estimate of drug-likeness (QED) is 0.647. The average molecular weight is 284 g/mol. The smallest absolute Gasteiger partial charge is 0.0956 e. The predicted octanol–water partition coefficient (Wildman–Crippen LogP) is 0.888. The second-order valence-corrected chi connectivity index (χ2v) is 3.77. The summed E-state index contributed by atoms with van der Waals surface area (Å²) in [6.07, 6.45) is 0. The van der Waals surface area contributed by atoms with Gasteiger partial charge < -0.3 is 21.7 Å². The van der Waals surface area contributed by atoms with Crippen LogP contribution in [0, 0.1) is 5.21 Å². The largest absolute Gasteiger partial charge is 0.758 e. The number of rotatable bonds is 0. The Morgan fingerprint density at radius 3 is 2.36 bits per heavy atom. The van der Waals surface area contributed by atoms with E-state index in [9.17, 15) is 5.21 Å². The molecule has 1 rings (SSSR count). The molecule has 6 heteroatoms. The van der Waals surface area contributed by atoms with Gasteiger partial charge in [-0.05, 0) is 15.9 Å². The Hall–Kier alpha value is -0.200. The molecule has 1 aliphatic rings. The zero-order valence-corrected chi connectivity index (χ0v) is 8.65. The van der Waals surface area contributed by atoms with Crippen LogP contribution in [0.4, 0.5) is 0 Å². The van der Waals surface area contributed by atoms with Crippen molar-refractivity contribution in [1.29, 1.82) is 0 Å². The van der Waals surface area contributed by atoms with Gasteiger partial charge >= 0.3 is 0 Å². The number of hydroxylamine groups is 2. The molecule has 0 aromatic rings. The summed E-state index contributed by atoms with van der Waals surface area (Å²) in [5.41, 5.74) is 11.7. The first kappa shape index (κ1) is 8.89. The van der Waals surface area contributed by atoms with Crippen LogP contribution in [0.25, 0.3) is 0 Å². The minimum absolute atomic E-state index is 0.202. The highest BCUT2D eigenvalue weighted by atomic mass is 79.9. The van der Waals surface area contributed by atoms with Gasteiger partial charge in [-0.1, -0.05) is 15.9 Å². The van der Waals surface area contributed by atoms with Crippen LogP contribution in [0.15, 0.2) is 20.5 Å². The summed E-state index contributed by atoms with van der Waals surface area (Å²) in [5, 5.41) is 11.7. The number of halogens is 2. The molecule has 0 saturated carbocycles. The number of hydrogen-bond acceptors (Lipinski definition) is 4. The molecule has 0 amide bonds. The van der Waals surface area contributed by atoms with Gasteiger partial charge in [0.2, 0.25) is 0 Å². The maximum absolute atomic E-state index is 11.0. The lowest BCUT2D eigenvalue weighted by Crippen LogP contribution is -2.27. The van der Waals surface area contributed by atoms with E-state index in [0.717, 1.165) is 5.06 Å². The van der Waals surface area contributed by atoms with Crippen LogP contribution < -0.4 is 11.5 Å². The van der Waals surface area contributed by atoms with E-state index in [1.807, 2.05) is 0 Å². The molecule has 62 valence electrons. The molecule has 4 N–H and O–H groups in total. The van der Waals surface area contributed by atoms with Gasteiger partial charge in [-0.25, -0.2) is 0 Å². The van der Waals surface area contributed by atoms with E-state index in [1.165, 1.54) is 0 Å². The molecule has 0 unspecified atom stereocenters. The van der Waals surface area contributed by atoms with Gasteiger partial charge in [-0.2, -0.15) is 0 Å². The highest BCUT2D eigenvalue weighted by Gasteiger charge is 2.14. The normalized spacial score (nSPS) is 19.7. The van der Waals surface area contributed by atoms with Crippen LogP contribution in [0.3, 0.4) is 0 Å². The second kappa shape index (κ2) is 3.04. The van der Waals surface area contributed by atoms with Crippen molar-refractivity contribution in [2.45, 2.75) is 0 Å². The van der Waals surface area contributed by atoms with Gasteiger partial charge in [-0.15, -0.1) is 0 Å². The zero-order chi connectivity index (χ0) is 8.59. The fraction of sp³-hybridized carbons (Fsp3) is 0.200. The van der Waals surface area contributed by atoms with Crippen LogP contribution in [-0.4, -0.2) is 11.6 Å². The van der Waals surface area contributed by atoms with E-state index in [1.54, 1.807) is 0 Å². The summed E-state index contributed by atoms with van der Waals surface area (Å²) in [5.74, 6) is 0. The van der Waals surface area contributed by atoms with E-state index >= 15 is 0 Å². The Morgan fingerprint density at radius 2 is 1.82 bits per heavy atom. The van der Waals surface area contributed by atoms with Gasteiger partial charge in [0.1, 0.15) is 0 Å². The van der Waals surface area contributed by atoms with Gasteiger partial charge in [0.25, 0.3) is 0 Å². The molecule has 0 bridgehead atoms. The van der Waals surface area contributed by atoms with Gasteiger partial charge in [0, 0.05) is 11.0 Å². The molecule has 0 fully saturated rings. The molecule has 0 aliphatic carbocycles. The lowest BCUT2D eigenvalue weighted by atomic mass is 10.3. The Labute approximate surface area is 80.7 Å². The van der Waals surface area contributed by atoms with Crippen molar-refractivity contribution < 1.29 is 0 Å². The molecule has 4 nitrogen and oxygen atoms in total. The maximum Gasteiger partial charge on any atom is 0.0956 e. The predicted molar refractivity (Wildman–Crippen MR) is 50.4 cm³/mol. The first-order valence-electron chi connectivity index (χ1n) is 2.78. The number of nitrogens with two attached hydrogens (primary N) is 2. The lowest BCUT2D eigenvalue weighted by Gasteiger charge is -2.34. The SMILES string of the molecule is NC1=C(Br)CN([O-])C(Br)=C1N.